The fraction of sp³-hybridized carbons (Fsp3) is 0.471. The molecule has 1 aliphatic carbocycles. The van der Waals surface area contributed by atoms with E-state index in [4.69, 9.17) is 4.52 Å². The Balaban J connectivity index is 1.60. The molecule has 118 valence electrons. The number of aliphatic hydroxyl groups excluding tert-OH is 1. The zero-order valence-corrected chi connectivity index (χ0v) is 12.8. The molecule has 1 fully saturated rings. The van der Waals surface area contributed by atoms with Gasteiger partial charge in [-0.2, -0.15) is 0 Å². The molecule has 0 amide bonds. The molecule has 5 heteroatoms. The maximum absolute atomic E-state index is 10.3. The molecule has 0 aliphatic heterocycles. The third kappa shape index (κ3) is 3.67. The number of hydrogen-bond acceptors (Lipinski definition) is 5. The fourth-order valence-corrected chi connectivity index (χ4v) is 2.58. The van der Waals surface area contributed by atoms with Crippen molar-refractivity contribution >= 4 is 0 Å². The van der Waals surface area contributed by atoms with Crippen LogP contribution in [0.3, 0.4) is 0 Å². The van der Waals surface area contributed by atoms with Gasteiger partial charge in [0, 0.05) is 25.1 Å². The molecule has 0 saturated heterocycles. The van der Waals surface area contributed by atoms with Crippen LogP contribution < -0.4 is 0 Å². The van der Waals surface area contributed by atoms with Gasteiger partial charge in [0.2, 0.25) is 0 Å². The largest absolute Gasteiger partial charge is 0.508 e. The van der Waals surface area contributed by atoms with Crippen molar-refractivity contribution in [1.29, 1.82) is 0 Å². The average Bonchev–Trinajstić information content (AvgIpc) is 3.26. The van der Waals surface area contributed by atoms with E-state index in [1.165, 1.54) is 12.8 Å². The number of rotatable bonds is 7. The van der Waals surface area contributed by atoms with Crippen LogP contribution in [-0.4, -0.2) is 33.4 Å². The summed E-state index contributed by atoms with van der Waals surface area (Å²) in [6.07, 6.45) is 1.76. The van der Waals surface area contributed by atoms with Crippen LogP contribution in [0.1, 0.15) is 48.8 Å². The van der Waals surface area contributed by atoms with Crippen LogP contribution in [0.5, 0.6) is 5.75 Å². The summed E-state index contributed by atoms with van der Waals surface area (Å²) in [6.45, 7) is 4.01. The summed E-state index contributed by atoms with van der Waals surface area (Å²) in [5, 5.41) is 24.0. The molecule has 0 bridgehead atoms. The predicted molar refractivity (Wildman–Crippen MR) is 82.5 cm³/mol. The molecule has 1 aromatic carbocycles. The minimum Gasteiger partial charge on any atom is -0.508 e. The Morgan fingerprint density at radius 2 is 2.18 bits per heavy atom. The van der Waals surface area contributed by atoms with Gasteiger partial charge in [0.1, 0.15) is 11.5 Å². The normalized spacial score (nSPS) is 16.1. The number of aromatic nitrogens is 1. The quantitative estimate of drug-likeness (QED) is 0.823. The third-order valence-electron chi connectivity index (χ3n) is 4.08. The van der Waals surface area contributed by atoms with E-state index in [1.54, 1.807) is 18.2 Å². The zero-order valence-electron chi connectivity index (χ0n) is 12.8. The summed E-state index contributed by atoms with van der Waals surface area (Å²) < 4.78 is 5.37. The van der Waals surface area contributed by atoms with Crippen molar-refractivity contribution in [2.24, 2.45) is 0 Å². The number of benzene rings is 1. The van der Waals surface area contributed by atoms with Crippen LogP contribution in [0.4, 0.5) is 0 Å². The van der Waals surface area contributed by atoms with E-state index in [0.717, 1.165) is 23.6 Å². The van der Waals surface area contributed by atoms with Crippen LogP contribution in [0, 0.1) is 0 Å². The number of hydrogen-bond donors (Lipinski definition) is 2. The number of aliphatic hydroxyl groups is 1. The zero-order chi connectivity index (χ0) is 15.5. The van der Waals surface area contributed by atoms with E-state index in [1.807, 2.05) is 12.1 Å². The molecule has 5 nitrogen and oxygen atoms in total. The molecule has 1 saturated carbocycles. The highest BCUT2D eigenvalue weighted by Crippen LogP contribution is 2.40. The maximum atomic E-state index is 10.3. The van der Waals surface area contributed by atoms with Crippen molar-refractivity contribution in [2.45, 2.75) is 38.3 Å². The van der Waals surface area contributed by atoms with E-state index < -0.39 is 6.10 Å². The number of nitrogens with zero attached hydrogens (tertiary/aromatic N) is 2. The van der Waals surface area contributed by atoms with Crippen molar-refractivity contribution in [1.82, 2.24) is 10.1 Å². The molecule has 0 radical (unpaired) electrons. The highest BCUT2D eigenvalue weighted by Gasteiger charge is 2.28. The van der Waals surface area contributed by atoms with E-state index >= 15 is 0 Å². The van der Waals surface area contributed by atoms with Gasteiger partial charge >= 0.3 is 0 Å². The van der Waals surface area contributed by atoms with Crippen LogP contribution in [-0.2, 0) is 6.54 Å². The lowest BCUT2D eigenvalue weighted by Crippen LogP contribution is -2.28. The minimum atomic E-state index is -0.637. The first-order chi connectivity index (χ1) is 10.7. The lowest BCUT2D eigenvalue weighted by atomic mass is 10.1. The summed E-state index contributed by atoms with van der Waals surface area (Å²) in [7, 11) is 0. The Morgan fingerprint density at radius 1 is 1.36 bits per heavy atom. The first-order valence-electron chi connectivity index (χ1n) is 7.80. The molecule has 0 spiro atoms. The Labute approximate surface area is 130 Å². The van der Waals surface area contributed by atoms with Gasteiger partial charge in [0.25, 0.3) is 0 Å². The second-order valence-electron chi connectivity index (χ2n) is 5.93. The van der Waals surface area contributed by atoms with Gasteiger partial charge < -0.3 is 14.7 Å². The summed E-state index contributed by atoms with van der Waals surface area (Å²) in [4.78, 5) is 2.11. The maximum Gasteiger partial charge on any atom is 0.140 e. The Morgan fingerprint density at radius 3 is 2.86 bits per heavy atom. The molecule has 22 heavy (non-hydrogen) atoms. The van der Waals surface area contributed by atoms with Crippen molar-refractivity contribution in [3.8, 4) is 5.75 Å². The smallest absolute Gasteiger partial charge is 0.140 e. The highest BCUT2D eigenvalue weighted by atomic mass is 16.5. The van der Waals surface area contributed by atoms with E-state index in [9.17, 15) is 10.2 Å². The highest BCUT2D eigenvalue weighted by molar-refractivity contribution is 5.28. The minimum absolute atomic E-state index is 0.171. The first kappa shape index (κ1) is 15.1. The van der Waals surface area contributed by atoms with E-state index in [0.29, 0.717) is 19.0 Å². The number of aromatic hydroxyl groups is 1. The lowest BCUT2D eigenvalue weighted by Gasteiger charge is -2.22. The van der Waals surface area contributed by atoms with Crippen molar-refractivity contribution < 1.29 is 14.7 Å². The summed E-state index contributed by atoms with van der Waals surface area (Å²) in [6, 6.07) is 8.78. The molecule has 2 aromatic rings. The molecule has 1 aromatic heterocycles. The molecular weight excluding hydrogens is 280 g/mol. The predicted octanol–water partition coefficient (Wildman–Crippen LogP) is 2.81. The van der Waals surface area contributed by atoms with Gasteiger partial charge in [-0.25, -0.2) is 0 Å². The van der Waals surface area contributed by atoms with Crippen LogP contribution >= 0.6 is 0 Å². The molecule has 0 unspecified atom stereocenters. The Kier molecular flexibility index (Phi) is 4.45. The molecule has 1 heterocycles. The average molecular weight is 302 g/mol. The van der Waals surface area contributed by atoms with Crippen molar-refractivity contribution in [2.75, 3.05) is 13.1 Å². The van der Waals surface area contributed by atoms with Gasteiger partial charge in [0.05, 0.1) is 11.8 Å². The molecule has 2 N–H and O–H groups in total. The molecule has 3 rings (SSSR count). The van der Waals surface area contributed by atoms with Gasteiger partial charge in [-0.05, 0) is 37.1 Å². The van der Waals surface area contributed by atoms with Crippen molar-refractivity contribution in [3.63, 3.8) is 0 Å². The first-order valence-corrected chi connectivity index (χ1v) is 7.80. The van der Waals surface area contributed by atoms with E-state index in [-0.39, 0.29) is 5.75 Å². The summed E-state index contributed by atoms with van der Waals surface area (Å²) >= 11 is 0. The van der Waals surface area contributed by atoms with Crippen LogP contribution in [0.15, 0.2) is 34.9 Å². The van der Waals surface area contributed by atoms with Gasteiger partial charge in [-0.15, -0.1) is 0 Å². The SMILES string of the molecule is CCN(Cc1cc(C2CC2)on1)C[C@H](O)c1cccc(O)c1. The molecule has 1 atom stereocenters. The second-order valence-corrected chi connectivity index (χ2v) is 5.93. The molecular formula is C17H22N2O3. The third-order valence-corrected chi connectivity index (χ3v) is 4.08. The number of phenols is 1. The van der Waals surface area contributed by atoms with E-state index in [2.05, 4.69) is 17.0 Å². The monoisotopic (exact) mass is 302 g/mol. The number of phenolic OH excluding ortho intramolecular Hbond substituents is 1. The topological polar surface area (TPSA) is 69.7 Å². The van der Waals surface area contributed by atoms with Crippen LogP contribution in [0.2, 0.25) is 0 Å². The van der Waals surface area contributed by atoms with Gasteiger partial charge in [-0.1, -0.05) is 24.2 Å². The standard InChI is InChI=1S/C17H22N2O3/c1-2-19(10-14-9-17(22-18-14)12-6-7-12)11-16(21)13-4-3-5-15(20)8-13/h3-5,8-9,12,16,20-21H,2,6-7,10-11H2,1H3/t16-/m0/s1. The van der Waals surface area contributed by atoms with Crippen LogP contribution in [0.25, 0.3) is 0 Å². The summed E-state index contributed by atoms with van der Waals surface area (Å²) in [5.74, 6) is 1.72. The van der Waals surface area contributed by atoms with Gasteiger partial charge in [0.15, 0.2) is 0 Å². The Bertz CT molecular complexity index is 622. The summed E-state index contributed by atoms with van der Waals surface area (Å²) in [5.41, 5.74) is 1.63. The lowest BCUT2D eigenvalue weighted by molar-refractivity contribution is 0.111. The second kappa shape index (κ2) is 6.50. The van der Waals surface area contributed by atoms with Gasteiger partial charge in [-0.3, -0.25) is 4.90 Å². The fourth-order valence-electron chi connectivity index (χ4n) is 2.58. The Hall–Kier alpha value is -1.85. The number of likely N-dealkylation sites (N-methyl/N-ethyl adjacent to an activating group) is 1. The molecule has 1 aliphatic rings. The van der Waals surface area contributed by atoms with Crippen molar-refractivity contribution in [3.05, 3.63) is 47.3 Å².